The van der Waals surface area contributed by atoms with Gasteiger partial charge in [-0.25, -0.2) is 4.39 Å². The summed E-state index contributed by atoms with van der Waals surface area (Å²) in [5.41, 5.74) is 5.70. The van der Waals surface area contributed by atoms with Crippen molar-refractivity contribution < 1.29 is 23.4 Å². The van der Waals surface area contributed by atoms with E-state index in [2.05, 4.69) is 22.2 Å². The molecule has 0 spiro atoms. The normalized spacial score (nSPS) is 12.3. The van der Waals surface area contributed by atoms with E-state index < -0.39 is 6.36 Å². The lowest BCUT2D eigenvalue weighted by Gasteiger charge is -2.07. The van der Waals surface area contributed by atoms with Crippen molar-refractivity contribution in [3.05, 3.63) is 77.6 Å². The smallest absolute Gasteiger partial charge is 0.235 e. The van der Waals surface area contributed by atoms with Crippen LogP contribution in [0.15, 0.2) is 70.9 Å². The highest BCUT2D eigenvalue weighted by Gasteiger charge is 2.03. The highest BCUT2D eigenvalue weighted by molar-refractivity contribution is 6.29. The van der Waals surface area contributed by atoms with Crippen LogP contribution >= 0.6 is 0 Å². The average molecular weight is 584 g/mol. The fraction of sp³-hybridized carbons (Fsp3) is 0.441. The maximum atomic E-state index is 12.7. The SMILES string of the molecule is C/C=C\N=CC(C)=N/C=C(\C)c1ccc(OC(C)F)cc1.CCCOCCOCC.CNc1ccc(C(C)=O)c(C)c1. The predicted octanol–water partition coefficient (Wildman–Crippen LogP) is 8.50. The third kappa shape index (κ3) is 18.7. The summed E-state index contributed by atoms with van der Waals surface area (Å²) < 4.78 is 27.9. The zero-order valence-electron chi connectivity index (χ0n) is 26.9. The lowest BCUT2D eigenvalue weighted by molar-refractivity contribution is 0.0531. The molecule has 0 aliphatic heterocycles. The molecule has 0 bridgehead atoms. The van der Waals surface area contributed by atoms with Gasteiger partial charge in [0.25, 0.3) is 0 Å². The summed E-state index contributed by atoms with van der Waals surface area (Å²) in [6.45, 7) is 17.8. The maximum Gasteiger partial charge on any atom is 0.235 e. The number of nitrogens with one attached hydrogen (secondary N) is 1. The molecule has 0 radical (unpaired) electrons. The molecule has 7 nitrogen and oxygen atoms in total. The molecule has 0 aliphatic carbocycles. The highest BCUT2D eigenvalue weighted by Crippen LogP contribution is 2.19. The first-order valence-electron chi connectivity index (χ1n) is 14.3. The van der Waals surface area contributed by atoms with Gasteiger partial charge in [0.05, 0.1) is 18.9 Å². The Kier molecular flexibility index (Phi) is 22.0. The average Bonchev–Trinajstić information content (AvgIpc) is 2.96. The number of hydrogen-bond donors (Lipinski definition) is 1. The number of carbonyl (C=O) groups is 1. The summed E-state index contributed by atoms with van der Waals surface area (Å²) in [5, 5.41) is 3.02. The topological polar surface area (TPSA) is 81.5 Å². The second-order valence-electron chi connectivity index (χ2n) is 9.17. The van der Waals surface area contributed by atoms with E-state index in [0.717, 1.165) is 66.5 Å². The van der Waals surface area contributed by atoms with Crippen molar-refractivity contribution in [3.63, 3.8) is 0 Å². The summed E-state index contributed by atoms with van der Waals surface area (Å²) >= 11 is 0. The summed E-state index contributed by atoms with van der Waals surface area (Å²) in [6, 6.07) is 13.0. The molecule has 42 heavy (non-hydrogen) atoms. The first kappa shape index (κ1) is 38.4. The van der Waals surface area contributed by atoms with Crippen molar-refractivity contribution in [2.45, 2.75) is 68.2 Å². The van der Waals surface area contributed by atoms with Crippen molar-refractivity contribution in [3.8, 4) is 5.75 Å². The van der Waals surface area contributed by atoms with E-state index in [-0.39, 0.29) is 5.78 Å². The number of rotatable bonds is 14. The summed E-state index contributed by atoms with van der Waals surface area (Å²) in [4.78, 5) is 19.4. The number of carbonyl (C=O) groups excluding carboxylic acids is 1. The van der Waals surface area contributed by atoms with Gasteiger partial charge < -0.3 is 19.5 Å². The first-order valence-corrected chi connectivity index (χ1v) is 14.3. The van der Waals surface area contributed by atoms with E-state index in [1.807, 2.05) is 78.1 Å². The Balaban J connectivity index is 0.000000673. The molecule has 2 rings (SSSR count). The molecule has 8 heteroatoms. The van der Waals surface area contributed by atoms with Gasteiger partial charge in [0.1, 0.15) is 5.75 Å². The Bertz CT molecular complexity index is 1130. The van der Waals surface area contributed by atoms with Crippen LogP contribution in [0.3, 0.4) is 0 Å². The fourth-order valence-electron chi connectivity index (χ4n) is 3.25. The van der Waals surface area contributed by atoms with E-state index >= 15 is 0 Å². The molecule has 232 valence electrons. The zero-order valence-corrected chi connectivity index (χ0v) is 26.9. The van der Waals surface area contributed by atoms with Crippen LogP contribution in [0.1, 0.15) is 76.4 Å². The van der Waals surface area contributed by atoms with Gasteiger partial charge in [-0.2, -0.15) is 0 Å². The molecule has 0 fully saturated rings. The van der Waals surface area contributed by atoms with Crippen LogP contribution in [0.25, 0.3) is 5.57 Å². The van der Waals surface area contributed by atoms with Crippen molar-refractivity contribution >= 4 is 29.0 Å². The molecular weight excluding hydrogens is 533 g/mol. The largest absolute Gasteiger partial charge is 0.461 e. The number of aryl methyl sites for hydroxylation is 1. The number of anilines is 1. The number of ether oxygens (including phenoxy) is 3. The number of aliphatic imine (C=N–C) groups is 2. The van der Waals surface area contributed by atoms with Gasteiger partial charge in [-0.1, -0.05) is 25.1 Å². The molecule has 0 aliphatic rings. The fourth-order valence-corrected chi connectivity index (χ4v) is 3.25. The lowest BCUT2D eigenvalue weighted by Crippen LogP contribution is -2.03. The van der Waals surface area contributed by atoms with Gasteiger partial charge in [-0.05, 0) is 95.0 Å². The Morgan fingerprint density at radius 2 is 1.69 bits per heavy atom. The van der Waals surface area contributed by atoms with Crippen LogP contribution in [-0.2, 0) is 9.47 Å². The van der Waals surface area contributed by atoms with Crippen LogP contribution in [-0.4, -0.2) is 57.5 Å². The first-order chi connectivity index (χ1) is 20.1. The van der Waals surface area contributed by atoms with Crippen molar-refractivity contribution in [2.75, 3.05) is 38.8 Å². The number of ketones is 1. The Labute approximate surface area is 252 Å². The van der Waals surface area contributed by atoms with Gasteiger partial charge >= 0.3 is 0 Å². The minimum Gasteiger partial charge on any atom is -0.461 e. The van der Waals surface area contributed by atoms with Crippen LogP contribution < -0.4 is 10.1 Å². The molecule has 0 saturated heterocycles. The minimum atomic E-state index is -1.31. The van der Waals surface area contributed by atoms with E-state index in [9.17, 15) is 9.18 Å². The van der Waals surface area contributed by atoms with Crippen molar-refractivity contribution in [1.82, 2.24) is 0 Å². The Morgan fingerprint density at radius 1 is 1.02 bits per heavy atom. The van der Waals surface area contributed by atoms with Gasteiger partial charge in [0.15, 0.2) is 5.78 Å². The predicted molar refractivity (Wildman–Crippen MR) is 176 cm³/mol. The van der Waals surface area contributed by atoms with E-state index in [1.165, 1.54) is 6.92 Å². The van der Waals surface area contributed by atoms with Crippen molar-refractivity contribution in [2.24, 2.45) is 9.98 Å². The highest BCUT2D eigenvalue weighted by atomic mass is 19.1. The van der Waals surface area contributed by atoms with E-state index in [1.54, 1.807) is 37.7 Å². The molecule has 0 heterocycles. The molecule has 1 N–H and O–H groups in total. The van der Waals surface area contributed by atoms with Gasteiger partial charge in [0, 0.05) is 57.1 Å². The van der Waals surface area contributed by atoms with Crippen molar-refractivity contribution in [1.29, 1.82) is 0 Å². The van der Waals surface area contributed by atoms with Gasteiger partial charge in [0.2, 0.25) is 6.36 Å². The van der Waals surface area contributed by atoms with Crippen LogP contribution in [0.4, 0.5) is 10.1 Å². The third-order valence-corrected chi connectivity index (χ3v) is 5.39. The maximum absolute atomic E-state index is 12.7. The molecule has 2 aromatic rings. The number of hydrogen-bond acceptors (Lipinski definition) is 7. The van der Waals surface area contributed by atoms with Crippen LogP contribution in [0.2, 0.25) is 0 Å². The lowest BCUT2D eigenvalue weighted by atomic mass is 10.1. The summed E-state index contributed by atoms with van der Waals surface area (Å²) in [7, 11) is 1.86. The van der Waals surface area contributed by atoms with E-state index in [4.69, 9.17) is 14.2 Å². The summed E-state index contributed by atoms with van der Waals surface area (Å²) in [5.74, 6) is 0.634. The zero-order chi connectivity index (χ0) is 31.8. The van der Waals surface area contributed by atoms with Gasteiger partial charge in [-0.15, -0.1) is 0 Å². The second kappa shape index (κ2) is 24.0. The molecule has 1 unspecified atom stereocenters. The molecular formula is C34H50FN3O4. The third-order valence-electron chi connectivity index (χ3n) is 5.39. The number of allylic oxidation sites excluding steroid dienone is 2. The molecule has 0 saturated carbocycles. The summed E-state index contributed by atoms with van der Waals surface area (Å²) in [6.07, 6.45) is 6.82. The molecule has 0 amide bonds. The minimum absolute atomic E-state index is 0.121. The number of nitrogens with zero attached hydrogens (tertiary/aromatic N) is 2. The Hall–Kier alpha value is -3.62. The molecule has 1 atom stereocenters. The van der Waals surface area contributed by atoms with E-state index in [0.29, 0.717) is 5.75 Å². The molecule has 0 aromatic heterocycles. The number of alkyl halides is 1. The Morgan fingerprint density at radius 3 is 2.21 bits per heavy atom. The monoisotopic (exact) mass is 583 g/mol. The second-order valence-corrected chi connectivity index (χ2v) is 9.17. The van der Waals surface area contributed by atoms with Crippen LogP contribution in [0, 0.1) is 6.92 Å². The number of benzene rings is 2. The molecule has 2 aromatic carbocycles. The quantitative estimate of drug-likeness (QED) is 0.137. The standard InChI is InChI=1S/C17H21FN2O.C10H13NO.C7H16O2/c1-5-10-19-12-14(3)20-11-13(2)16-6-8-17(9-7-16)21-15(4)18;1-7-6-9(11-3)4-5-10(7)8(2)12;1-3-5-9-7-6-8-4-2/h5-12,15H,1-4H3;4-6,11H,1-3H3;3-7H2,1-2H3/b10-5-,13-11+,19-12?,20-14?;;. The van der Waals surface area contributed by atoms with Gasteiger partial charge in [-0.3, -0.25) is 14.8 Å². The van der Waals surface area contributed by atoms with Crippen LogP contribution in [0.5, 0.6) is 5.75 Å². The number of Topliss-reactive ketones (excluding diaryl/α,β-unsaturated/α-hetero) is 1. The number of halogens is 1.